The molecule has 4 heteroatoms. The van der Waals surface area contributed by atoms with Crippen molar-refractivity contribution in [2.24, 2.45) is 23.2 Å². The Morgan fingerprint density at radius 2 is 1.54 bits per heavy atom. The Bertz CT molecular complexity index is 485. The van der Waals surface area contributed by atoms with Gasteiger partial charge in [-0.05, 0) is 96.3 Å². The first-order valence-electron chi connectivity index (χ1n) is 9.77. The molecule has 1 N–H and O–H groups in total. The van der Waals surface area contributed by atoms with Gasteiger partial charge in [-0.2, -0.15) is 0 Å². The van der Waals surface area contributed by atoms with Gasteiger partial charge in [-0.15, -0.1) is 0 Å². The van der Waals surface area contributed by atoms with Crippen molar-refractivity contribution in [3.63, 3.8) is 0 Å². The van der Waals surface area contributed by atoms with Crippen molar-refractivity contribution in [3.8, 4) is 0 Å². The normalized spacial score (nSPS) is 35.6. The smallest absolute Gasteiger partial charge is 0.312 e. The predicted octanol–water partition coefficient (Wildman–Crippen LogP) is 3.35. The van der Waals surface area contributed by atoms with Crippen molar-refractivity contribution < 1.29 is 9.59 Å². The second kappa shape index (κ2) is 6.03. The molecule has 1 unspecified atom stereocenters. The third kappa shape index (κ3) is 3.09. The molecule has 0 aromatic rings. The SMILES string of the molecule is CCN(C(=O)C(=O)NC(C)C12CC3CC(CC(C3)C1)C2)C(C)(C)C. The number of carbonyl (C=O) groups is 2. The van der Waals surface area contributed by atoms with E-state index in [1.54, 1.807) is 4.90 Å². The van der Waals surface area contributed by atoms with E-state index in [4.69, 9.17) is 0 Å². The fourth-order valence-electron chi connectivity index (χ4n) is 6.16. The van der Waals surface area contributed by atoms with Crippen molar-refractivity contribution in [1.82, 2.24) is 10.2 Å². The van der Waals surface area contributed by atoms with Crippen LogP contribution in [0.4, 0.5) is 0 Å². The van der Waals surface area contributed by atoms with Gasteiger partial charge in [-0.3, -0.25) is 9.59 Å². The van der Waals surface area contributed by atoms with Crippen LogP contribution in [-0.2, 0) is 9.59 Å². The largest absolute Gasteiger partial charge is 0.345 e. The molecule has 1 atom stereocenters. The van der Waals surface area contributed by atoms with Crippen LogP contribution >= 0.6 is 0 Å². The molecule has 4 fully saturated rings. The fourth-order valence-corrected chi connectivity index (χ4v) is 6.16. The minimum absolute atomic E-state index is 0.0982. The zero-order valence-electron chi connectivity index (χ0n) is 16.0. The third-order valence-corrected chi connectivity index (χ3v) is 6.92. The molecule has 4 aliphatic carbocycles. The van der Waals surface area contributed by atoms with Gasteiger partial charge in [0.05, 0.1) is 0 Å². The quantitative estimate of drug-likeness (QED) is 0.805. The molecule has 0 radical (unpaired) electrons. The van der Waals surface area contributed by atoms with E-state index in [2.05, 4.69) is 12.2 Å². The lowest BCUT2D eigenvalue weighted by Gasteiger charge is -2.59. The van der Waals surface area contributed by atoms with Crippen molar-refractivity contribution in [1.29, 1.82) is 0 Å². The zero-order chi connectivity index (χ0) is 17.7. The summed E-state index contributed by atoms with van der Waals surface area (Å²) in [6, 6.07) is 0.0982. The Morgan fingerprint density at radius 1 is 1.08 bits per heavy atom. The third-order valence-electron chi connectivity index (χ3n) is 6.92. The van der Waals surface area contributed by atoms with Crippen LogP contribution in [0.3, 0.4) is 0 Å². The molecule has 2 amide bonds. The fraction of sp³-hybridized carbons (Fsp3) is 0.900. The number of hydrogen-bond donors (Lipinski definition) is 1. The Morgan fingerprint density at radius 3 is 1.92 bits per heavy atom. The maximum atomic E-state index is 12.6. The van der Waals surface area contributed by atoms with Crippen LogP contribution in [0.25, 0.3) is 0 Å². The second-order valence-corrected chi connectivity index (χ2v) is 9.70. The number of hydrogen-bond acceptors (Lipinski definition) is 2. The van der Waals surface area contributed by atoms with Crippen molar-refractivity contribution >= 4 is 11.8 Å². The highest BCUT2D eigenvalue weighted by molar-refractivity contribution is 6.35. The van der Waals surface area contributed by atoms with Crippen LogP contribution in [0.15, 0.2) is 0 Å². The minimum atomic E-state index is -0.421. The minimum Gasteiger partial charge on any atom is -0.345 e. The number of rotatable bonds is 3. The summed E-state index contributed by atoms with van der Waals surface area (Å²) in [7, 11) is 0. The molecule has 0 aromatic carbocycles. The predicted molar refractivity (Wildman–Crippen MR) is 95.3 cm³/mol. The molecule has 0 aliphatic heterocycles. The molecule has 24 heavy (non-hydrogen) atoms. The van der Waals surface area contributed by atoms with Gasteiger partial charge in [0.15, 0.2) is 0 Å². The van der Waals surface area contributed by atoms with Crippen LogP contribution < -0.4 is 5.32 Å². The number of nitrogens with one attached hydrogen (secondary N) is 1. The second-order valence-electron chi connectivity index (χ2n) is 9.70. The van der Waals surface area contributed by atoms with Gasteiger partial charge in [0.1, 0.15) is 0 Å². The molecule has 4 rings (SSSR count). The Labute approximate surface area is 146 Å². The van der Waals surface area contributed by atoms with E-state index in [-0.39, 0.29) is 22.9 Å². The maximum Gasteiger partial charge on any atom is 0.312 e. The molecule has 0 aromatic heterocycles. The molecule has 4 nitrogen and oxygen atoms in total. The van der Waals surface area contributed by atoms with Gasteiger partial charge >= 0.3 is 11.8 Å². The molecule has 4 saturated carbocycles. The van der Waals surface area contributed by atoms with Crippen LogP contribution in [0, 0.1) is 23.2 Å². The summed E-state index contributed by atoms with van der Waals surface area (Å²) < 4.78 is 0. The highest BCUT2D eigenvalue weighted by atomic mass is 16.2. The first kappa shape index (κ1) is 17.8. The van der Waals surface area contributed by atoms with Gasteiger partial charge < -0.3 is 10.2 Å². The van der Waals surface area contributed by atoms with Crippen LogP contribution in [0.2, 0.25) is 0 Å². The van der Waals surface area contributed by atoms with Gasteiger partial charge in [0.2, 0.25) is 0 Å². The van der Waals surface area contributed by atoms with Crippen LogP contribution in [0.1, 0.15) is 73.1 Å². The van der Waals surface area contributed by atoms with Crippen molar-refractivity contribution in [2.45, 2.75) is 84.7 Å². The monoisotopic (exact) mass is 334 g/mol. The van der Waals surface area contributed by atoms with E-state index >= 15 is 0 Å². The van der Waals surface area contributed by atoms with Crippen LogP contribution in [0.5, 0.6) is 0 Å². The van der Waals surface area contributed by atoms with E-state index in [1.807, 2.05) is 27.7 Å². The average molecular weight is 335 g/mol. The molecule has 4 bridgehead atoms. The summed E-state index contributed by atoms with van der Waals surface area (Å²) in [5.74, 6) is 1.76. The number of likely N-dealkylation sites (N-methyl/N-ethyl adjacent to an activating group) is 1. The molecule has 136 valence electrons. The molecule has 0 heterocycles. The summed E-state index contributed by atoms with van der Waals surface area (Å²) in [6.07, 6.45) is 7.91. The Balaban J connectivity index is 1.67. The standard InChI is InChI=1S/C20H34N2O2/c1-6-22(19(3,4)5)18(24)17(23)21-13(2)20-10-14-7-15(11-20)9-16(8-14)12-20/h13-16H,6-12H2,1-5H3,(H,21,23). The number of amides is 2. The summed E-state index contributed by atoms with van der Waals surface area (Å²) in [5.41, 5.74) is -0.0867. The topological polar surface area (TPSA) is 49.4 Å². The molecule has 0 saturated heterocycles. The first-order valence-corrected chi connectivity index (χ1v) is 9.77. The first-order chi connectivity index (χ1) is 11.1. The lowest BCUT2D eigenvalue weighted by atomic mass is 9.48. The van der Waals surface area contributed by atoms with E-state index in [9.17, 15) is 9.59 Å². The van der Waals surface area contributed by atoms with Gasteiger partial charge in [-0.1, -0.05) is 0 Å². The molecular weight excluding hydrogens is 300 g/mol. The lowest BCUT2D eigenvalue weighted by Crippen LogP contribution is -2.58. The number of nitrogens with zero attached hydrogens (tertiary/aromatic N) is 1. The Hall–Kier alpha value is -1.06. The Kier molecular flexibility index (Phi) is 4.46. The molecule has 4 aliphatic rings. The zero-order valence-corrected chi connectivity index (χ0v) is 16.0. The van der Waals surface area contributed by atoms with E-state index < -0.39 is 5.91 Å². The van der Waals surface area contributed by atoms with Gasteiger partial charge in [-0.25, -0.2) is 0 Å². The highest BCUT2D eigenvalue weighted by Gasteiger charge is 2.53. The van der Waals surface area contributed by atoms with E-state index in [0.29, 0.717) is 6.54 Å². The van der Waals surface area contributed by atoms with Crippen molar-refractivity contribution in [3.05, 3.63) is 0 Å². The molecule has 0 spiro atoms. The maximum absolute atomic E-state index is 12.6. The van der Waals surface area contributed by atoms with E-state index in [1.165, 1.54) is 38.5 Å². The summed E-state index contributed by atoms with van der Waals surface area (Å²) in [6.45, 7) is 10.5. The van der Waals surface area contributed by atoms with Gasteiger partial charge in [0, 0.05) is 18.1 Å². The summed E-state index contributed by atoms with van der Waals surface area (Å²) >= 11 is 0. The number of carbonyl (C=O) groups excluding carboxylic acids is 2. The summed E-state index contributed by atoms with van der Waals surface area (Å²) in [5, 5.41) is 3.09. The van der Waals surface area contributed by atoms with Crippen LogP contribution in [-0.4, -0.2) is 34.8 Å². The lowest BCUT2D eigenvalue weighted by molar-refractivity contribution is -0.150. The average Bonchev–Trinajstić information content (AvgIpc) is 2.44. The summed E-state index contributed by atoms with van der Waals surface area (Å²) in [4.78, 5) is 26.8. The highest BCUT2D eigenvalue weighted by Crippen LogP contribution is 2.61. The van der Waals surface area contributed by atoms with Crippen molar-refractivity contribution in [2.75, 3.05) is 6.54 Å². The molecular formula is C20H34N2O2. The van der Waals surface area contributed by atoms with E-state index in [0.717, 1.165) is 17.8 Å². The van der Waals surface area contributed by atoms with Gasteiger partial charge in [0.25, 0.3) is 0 Å².